The van der Waals surface area contributed by atoms with Crippen LogP contribution in [0.1, 0.15) is 23.8 Å². The molecule has 0 unspecified atom stereocenters. The molecule has 4 atom stereocenters. The van der Waals surface area contributed by atoms with E-state index < -0.39 is 17.5 Å². The number of methoxy groups -OCH3 is 2. The molecule has 1 N–H and O–H groups in total. The summed E-state index contributed by atoms with van der Waals surface area (Å²) in [7, 11) is 3.28. The Labute approximate surface area is 256 Å². The van der Waals surface area contributed by atoms with Gasteiger partial charge in [0.2, 0.25) is 0 Å². The van der Waals surface area contributed by atoms with E-state index in [1.165, 1.54) is 21.3 Å². The number of aromatic nitrogens is 2. The first kappa shape index (κ1) is 30.8. The third kappa shape index (κ3) is 8.46. The quantitative estimate of drug-likeness (QED) is 0.220. The van der Waals surface area contributed by atoms with Gasteiger partial charge in [-0.05, 0) is 0 Å². The molecule has 0 bridgehead atoms. The Morgan fingerprint density at radius 2 is 1.42 bits per heavy atom. The molecule has 1 aliphatic rings. The fourth-order valence-corrected chi connectivity index (χ4v) is 7.78. The van der Waals surface area contributed by atoms with Crippen molar-refractivity contribution < 1.29 is 23.7 Å². The summed E-state index contributed by atoms with van der Waals surface area (Å²) in [6.07, 6.45) is 1.40. The average molecular weight is 652 g/mol. The second-order valence-electron chi connectivity index (χ2n) is 10.3. The molecular formula is C33H36N2O7Se. The maximum atomic E-state index is 12.9. The van der Waals surface area contributed by atoms with Gasteiger partial charge in [-0.2, -0.15) is 0 Å². The van der Waals surface area contributed by atoms with E-state index in [0.717, 1.165) is 29.0 Å². The monoisotopic (exact) mass is 652 g/mol. The first-order valence-corrected chi connectivity index (χ1v) is 16.0. The zero-order valence-electron chi connectivity index (χ0n) is 24.2. The molecular weight excluding hydrogens is 615 g/mol. The molecule has 0 radical (unpaired) electrons. The Morgan fingerprint density at radius 1 is 0.814 bits per heavy atom. The van der Waals surface area contributed by atoms with Crippen LogP contribution in [0.2, 0.25) is 4.82 Å². The number of benzene rings is 3. The third-order valence-electron chi connectivity index (χ3n) is 7.32. The fourth-order valence-electron chi connectivity index (χ4n) is 5.01. The van der Waals surface area contributed by atoms with Crippen LogP contribution in [0.15, 0.2) is 101 Å². The first-order chi connectivity index (χ1) is 21.0. The van der Waals surface area contributed by atoms with E-state index >= 15 is 0 Å². The Morgan fingerprint density at radius 3 is 2.00 bits per heavy atom. The molecule has 0 aliphatic carbocycles. The van der Waals surface area contributed by atoms with Crippen LogP contribution < -0.4 is 25.2 Å². The number of rotatable bonds is 13. The molecule has 0 saturated carbocycles. The minimum atomic E-state index is -0.558. The summed E-state index contributed by atoms with van der Waals surface area (Å²) in [5.41, 5.74) is 1.14. The van der Waals surface area contributed by atoms with E-state index in [0.29, 0.717) is 26.4 Å². The Kier molecular flexibility index (Phi) is 10.9. The number of H-pyrrole nitrogens is 1. The van der Waals surface area contributed by atoms with Gasteiger partial charge < -0.3 is 0 Å². The van der Waals surface area contributed by atoms with Crippen molar-refractivity contribution in [1.29, 1.82) is 0 Å². The number of aromatic amines is 1. The van der Waals surface area contributed by atoms with Crippen molar-refractivity contribution in [2.75, 3.05) is 27.4 Å². The number of nitrogens with one attached hydrogen (secondary N) is 1. The molecule has 10 heteroatoms. The van der Waals surface area contributed by atoms with Crippen LogP contribution in [0, 0.1) is 5.92 Å². The summed E-state index contributed by atoms with van der Waals surface area (Å²) in [6, 6.07) is 27.2. The summed E-state index contributed by atoms with van der Waals surface area (Å²) in [5.74, 6) is 1.61. The number of ether oxygens (including phenoxy) is 5. The van der Waals surface area contributed by atoms with Crippen LogP contribution in [0.5, 0.6) is 11.5 Å². The summed E-state index contributed by atoms with van der Waals surface area (Å²) >= 11 is -0.00927. The molecule has 1 aliphatic heterocycles. The van der Waals surface area contributed by atoms with E-state index in [1.807, 2.05) is 66.7 Å². The molecule has 43 heavy (non-hydrogen) atoms. The maximum absolute atomic E-state index is 12.9. The van der Waals surface area contributed by atoms with Crippen molar-refractivity contribution in [1.82, 2.24) is 9.55 Å². The van der Waals surface area contributed by atoms with Crippen LogP contribution in [-0.4, -0.2) is 58.0 Å². The molecule has 1 fully saturated rings. The third-order valence-corrected chi connectivity index (χ3v) is 9.99. The van der Waals surface area contributed by atoms with Gasteiger partial charge in [0.1, 0.15) is 0 Å². The van der Waals surface area contributed by atoms with E-state index in [2.05, 4.69) is 17.1 Å². The zero-order valence-corrected chi connectivity index (χ0v) is 25.9. The number of hydrogen-bond donors (Lipinski definition) is 1. The van der Waals surface area contributed by atoms with Crippen LogP contribution in [0.25, 0.3) is 0 Å². The minimum absolute atomic E-state index is 0.00927. The van der Waals surface area contributed by atoms with E-state index in [9.17, 15) is 9.59 Å². The standard InChI is InChI=1S/C33H36N2O7Se/c1-38-26-12-8-23(9-13-26)19-40-21-25-18-30(43-28-6-4-3-5-7-28)32(35-17-16-31(36)34-33(35)37)42-29(25)22-41-20-24-10-14-27(39-2)15-11-24/h3-17,25,29-30,32H,18-22H2,1-2H3,(H,34,36,37)/t25-,29-,30-,32-/m1/s1. The molecule has 0 amide bonds. The average Bonchev–Trinajstić information content (AvgIpc) is 3.03. The van der Waals surface area contributed by atoms with Gasteiger partial charge in [-0.15, -0.1) is 0 Å². The molecule has 5 rings (SSSR count). The van der Waals surface area contributed by atoms with Gasteiger partial charge in [-0.1, -0.05) is 0 Å². The first-order valence-electron chi connectivity index (χ1n) is 14.1. The Bertz CT molecular complexity index is 1540. The molecule has 226 valence electrons. The van der Waals surface area contributed by atoms with Crippen molar-refractivity contribution in [2.24, 2.45) is 5.92 Å². The van der Waals surface area contributed by atoms with Gasteiger partial charge in [0.05, 0.1) is 7.11 Å². The summed E-state index contributed by atoms with van der Waals surface area (Å²) in [4.78, 5) is 27.2. The molecule has 2 heterocycles. The van der Waals surface area contributed by atoms with Crippen LogP contribution in [0.3, 0.4) is 0 Å². The second kappa shape index (κ2) is 15.2. The van der Waals surface area contributed by atoms with Crippen LogP contribution in [-0.2, 0) is 27.4 Å². The summed E-state index contributed by atoms with van der Waals surface area (Å²) in [5, 5.41) is 0. The predicted octanol–water partition coefficient (Wildman–Crippen LogP) is 3.71. The molecule has 4 aromatic rings. The zero-order chi connectivity index (χ0) is 30.0. The topological polar surface area (TPSA) is 101 Å². The Hall–Kier alpha value is -3.66. The van der Waals surface area contributed by atoms with E-state index in [4.69, 9.17) is 23.7 Å². The van der Waals surface area contributed by atoms with Crippen molar-refractivity contribution in [2.45, 2.75) is 36.8 Å². The van der Waals surface area contributed by atoms with Crippen LogP contribution in [0.4, 0.5) is 0 Å². The number of hydrogen-bond acceptors (Lipinski definition) is 7. The van der Waals surface area contributed by atoms with Gasteiger partial charge in [0.15, 0.2) is 0 Å². The van der Waals surface area contributed by atoms with Crippen molar-refractivity contribution in [3.05, 3.63) is 123 Å². The molecule has 1 saturated heterocycles. The molecule has 1 aromatic heterocycles. The van der Waals surface area contributed by atoms with Gasteiger partial charge in [0, 0.05) is 0 Å². The van der Waals surface area contributed by atoms with Crippen molar-refractivity contribution in [3.63, 3.8) is 0 Å². The predicted molar refractivity (Wildman–Crippen MR) is 164 cm³/mol. The fraction of sp³-hybridized carbons (Fsp3) is 0.333. The van der Waals surface area contributed by atoms with Gasteiger partial charge >= 0.3 is 250 Å². The molecule has 3 aromatic carbocycles. The van der Waals surface area contributed by atoms with Gasteiger partial charge in [0.25, 0.3) is 0 Å². The van der Waals surface area contributed by atoms with Crippen LogP contribution >= 0.6 is 0 Å². The van der Waals surface area contributed by atoms with Crippen molar-refractivity contribution >= 4 is 19.4 Å². The van der Waals surface area contributed by atoms with Crippen molar-refractivity contribution in [3.8, 4) is 11.5 Å². The second-order valence-corrected chi connectivity index (χ2v) is 13.0. The van der Waals surface area contributed by atoms with Gasteiger partial charge in [-0.3, -0.25) is 0 Å². The summed E-state index contributed by atoms with van der Waals surface area (Å²) < 4.78 is 32.3. The van der Waals surface area contributed by atoms with E-state index in [1.54, 1.807) is 14.2 Å². The molecule has 9 nitrogen and oxygen atoms in total. The number of nitrogens with zero attached hydrogens (tertiary/aromatic N) is 1. The van der Waals surface area contributed by atoms with E-state index in [-0.39, 0.29) is 31.8 Å². The Balaban J connectivity index is 1.35. The SMILES string of the molecule is COc1ccc(COC[C@H]2C[C@@H]([Se]c3ccccc3)[C@H](n3ccc(=O)[nH]c3=O)O[C@@H]2COCc2ccc(OC)cc2)cc1. The summed E-state index contributed by atoms with van der Waals surface area (Å²) in [6.45, 7) is 1.65. The van der Waals surface area contributed by atoms with Gasteiger partial charge in [-0.25, -0.2) is 0 Å². The molecule has 0 spiro atoms. The normalized spacial score (nSPS) is 20.0.